The summed E-state index contributed by atoms with van der Waals surface area (Å²) in [6, 6.07) is 8.37. The predicted molar refractivity (Wildman–Crippen MR) is 83.3 cm³/mol. The second-order valence-electron chi connectivity index (χ2n) is 5.82. The lowest BCUT2D eigenvalue weighted by Gasteiger charge is -2.23. The molecule has 1 aromatic heterocycles. The first-order valence-electron chi connectivity index (χ1n) is 7.64. The molecule has 1 aliphatic rings. The van der Waals surface area contributed by atoms with Crippen LogP contribution in [-0.4, -0.2) is 52.9 Å². The van der Waals surface area contributed by atoms with Gasteiger partial charge in [-0.25, -0.2) is 0 Å². The maximum atomic E-state index is 9.66. The van der Waals surface area contributed by atoms with Crippen LogP contribution in [0.5, 0.6) is 0 Å². The molecule has 0 amide bonds. The highest BCUT2D eigenvalue weighted by atomic mass is 16.5. The van der Waals surface area contributed by atoms with Gasteiger partial charge in [0.15, 0.2) is 5.82 Å². The Labute approximate surface area is 130 Å². The zero-order valence-corrected chi connectivity index (χ0v) is 13.0. The number of benzene rings is 1. The summed E-state index contributed by atoms with van der Waals surface area (Å²) in [5, 5.41) is 16.9. The average Bonchev–Trinajstić information content (AvgIpc) is 3.13. The Hall–Kier alpha value is -1.76. The van der Waals surface area contributed by atoms with E-state index in [2.05, 4.69) is 32.5 Å². The molecular weight excluding hydrogens is 280 g/mol. The minimum absolute atomic E-state index is 0.190. The number of likely N-dealkylation sites (tertiary alicyclic amines) is 1. The van der Waals surface area contributed by atoms with Crippen molar-refractivity contribution in [3.05, 3.63) is 35.7 Å². The number of aliphatic hydroxyl groups excluding tert-OH is 1. The fraction of sp³-hybridized carbons (Fsp3) is 0.500. The van der Waals surface area contributed by atoms with E-state index in [9.17, 15) is 5.11 Å². The lowest BCUT2D eigenvalue weighted by atomic mass is 10.0. The van der Waals surface area contributed by atoms with Crippen molar-refractivity contribution in [2.45, 2.75) is 25.5 Å². The normalized spacial score (nSPS) is 20.4. The Morgan fingerprint density at radius 2 is 2.36 bits per heavy atom. The molecule has 6 heteroatoms. The minimum atomic E-state index is -0.190. The third kappa shape index (κ3) is 3.35. The molecular formula is C16H22N4O2. The summed E-state index contributed by atoms with van der Waals surface area (Å²) >= 11 is 0. The third-order valence-corrected chi connectivity index (χ3v) is 4.10. The quantitative estimate of drug-likeness (QED) is 0.869. The fourth-order valence-electron chi connectivity index (χ4n) is 2.90. The van der Waals surface area contributed by atoms with Crippen LogP contribution in [0.15, 0.2) is 28.8 Å². The first kappa shape index (κ1) is 15.1. The molecule has 0 bridgehead atoms. The summed E-state index contributed by atoms with van der Waals surface area (Å²) in [4.78, 5) is 6.57. The first-order valence-corrected chi connectivity index (χ1v) is 7.64. The zero-order chi connectivity index (χ0) is 15.5. The van der Waals surface area contributed by atoms with Crippen molar-refractivity contribution in [1.82, 2.24) is 20.4 Å². The van der Waals surface area contributed by atoms with Crippen molar-refractivity contribution in [2.75, 3.05) is 26.7 Å². The van der Waals surface area contributed by atoms with Gasteiger partial charge in [0.25, 0.3) is 5.89 Å². The molecule has 0 unspecified atom stereocenters. The van der Waals surface area contributed by atoms with E-state index in [1.54, 1.807) is 0 Å². The molecule has 1 aliphatic heterocycles. The van der Waals surface area contributed by atoms with Crippen molar-refractivity contribution < 1.29 is 9.63 Å². The highest BCUT2D eigenvalue weighted by molar-refractivity contribution is 5.54. The standard InChI is InChI=1S/C16H22N4O2/c1-11-18-16(22-19-11)13-5-3-4-12(8-13)15(17-2)10-20-7-6-14(21)9-20/h3-5,8,14-15,17,21H,6-7,9-10H2,1-2H3/t14-,15-/m0/s1. The summed E-state index contributed by atoms with van der Waals surface area (Å²) in [6.07, 6.45) is 0.669. The summed E-state index contributed by atoms with van der Waals surface area (Å²) in [5.74, 6) is 1.18. The lowest BCUT2D eigenvalue weighted by molar-refractivity contribution is 0.173. The molecule has 0 spiro atoms. The fourth-order valence-corrected chi connectivity index (χ4v) is 2.90. The zero-order valence-electron chi connectivity index (χ0n) is 13.0. The van der Waals surface area contributed by atoms with Gasteiger partial charge in [-0.05, 0) is 38.1 Å². The second-order valence-corrected chi connectivity index (χ2v) is 5.82. The number of likely N-dealkylation sites (N-methyl/N-ethyl adjacent to an activating group) is 1. The van der Waals surface area contributed by atoms with Crippen LogP contribution in [0.2, 0.25) is 0 Å². The Balaban J connectivity index is 1.77. The maximum Gasteiger partial charge on any atom is 0.257 e. The van der Waals surface area contributed by atoms with Crippen LogP contribution in [0.3, 0.4) is 0 Å². The van der Waals surface area contributed by atoms with Crippen LogP contribution < -0.4 is 5.32 Å². The summed E-state index contributed by atoms with van der Waals surface area (Å²) in [7, 11) is 1.96. The SMILES string of the molecule is CN[C@@H](CN1CC[C@H](O)C1)c1cccc(-c2nc(C)no2)c1. The van der Waals surface area contributed by atoms with E-state index < -0.39 is 0 Å². The molecule has 22 heavy (non-hydrogen) atoms. The average molecular weight is 302 g/mol. The maximum absolute atomic E-state index is 9.66. The van der Waals surface area contributed by atoms with Crippen molar-refractivity contribution in [3.63, 3.8) is 0 Å². The lowest BCUT2D eigenvalue weighted by Crippen LogP contribution is -2.33. The van der Waals surface area contributed by atoms with Crippen LogP contribution in [0.1, 0.15) is 23.9 Å². The number of hydrogen-bond donors (Lipinski definition) is 2. The van der Waals surface area contributed by atoms with Crippen LogP contribution in [0, 0.1) is 6.92 Å². The molecule has 2 aromatic rings. The number of hydrogen-bond acceptors (Lipinski definition) is 6. The third-order valence-electron chi connectivity index (χ3n) is 4.10. The molecule has 1 aromatic carbocycles. The van der Waals surface area contributed by atoms with Gasteiger partial charge in [0.2, 0.25) is 0 Å². The number of nitrogens with one attached hydrogen (secondary N) is 1. The van der Waals surface area contributed by atoms with E-state index in [-0.39, 0.29) is 12.1 Å². The van der Waals surface area contributed by atoms with Crippen LogP contribution in [-0.2, 0) is 0 Å². The van der Waals surface area contributed by atoms with Gasteiger partial charge in [-0.15, -0.1) is 0 Å². The van der Waals surface area contributed by atoms with E-state index in [4.69, 9.17) is 4.52 Å². The van der Waals surface area contributed by atoms with Gasteiger partial charge in [0.05, 0.1) is 6.10 Å². The van der Waals surface area contributed by atoms with Crippen LogP contribution >= 0.6 is 0 Å². The van der Waals surface area contributed by atoms with Crippen LogP contribution in [0.25, 0.3) is 11.5 Å². The van der Waals surface area contributed by atoms with Gasteiger partial charge in [-0.2, -0.15) is 4.98 Å². The Bertz CT molecular complexity index is 628. The molecule has 0 aliphatic carbocycles. The van der Waals surface area contributed by atoms with Gasteiger partial charge < -0.3 is 14.9 Å². The van der Waals surface area contributed by atoms with E-state index in [0.717, 1.165) is 31.6 Å². The smallest absolute Gasteiger partial charge is 0.257 e. The van der Waals surface area contributed by atoms with Gasteiger partial charge in [0, 0.05) is 31.2 Å². The molecule has 118 valence electrons. The predicted octanol–water partition coefficient (Wildman–Crippen LogP) is 1.37. The summed E-state index contributed by atoms with van der Waals surface area (Å²) < 4.78 is 5.24. The second kappa shape index (κ2) is 6.56. The number of aliphatic hydroxyl groups is 1. The molecule has 2 N–H and O–H groups in total. The number of nitrogens with zero attached hydrogens (tertiary/aromatic N) is 3. The molecule has 2 atom stereocenters. The Morgan fingerprint density at radius 1 is 1.50 bits per heavy atom. The van der Waals surface area contributed by atoms with Crippen molar-refractivity contribution in [2.24, 2.45) is 0 Å². The number of aryl methyl sites for hydroxylation is 1. The molecule has 2 heterocycles. The van der Waals surface area contributed by atoms with E-state index >= 15 is 0 Å². The molecule has 3 rings (SSSR count). The highest BCUT2D eigenvalue weighted by Crippen LogP contribution is 2.23. The molecule has 0 radical (unpaired) electrons. The molecule has 1 fully saturated rings. The molecule has 0 saturated carbocycles. The van der Waals surface area contributed by atoms with Crippen LogP contribution in [0.4, 0.5) is 0 Å². The highest BCUT2D eigenvalue weighted by Gasteiger charge is 2.23. The Morgan fingerprint density at radius 3 is 3.00 bits per heavy atom. The first-order chi connectivity index (χ1) is 10.7. The number of rotatable bonds is 5. The van der Waals surface area contributed by atoms with Gasteiger partial charge in [0.1, 0.15) is 0 Å². The van der Waals surface area contributed by atoms with Crippen molar-refractivity contribution in [3.8, 4) is 11.5 Å². The van der Waals surface area contributed by atoms with Crippen molar-refractivity contribution >= 4 is 0 Å². The topological polar surface area (TPSA) is 74.4 Å². The van der Waals surface area contributed by atoms with Gasteiger partial charge in [-0.1, -0.05) is 17.3 Å². The monoisotopic (exact) mass is 302 g/mol. The number of aromatic nitrogens is 2. The number of β-amino-alcohol motifs (C(OH)–C–C–N with tert-alkyl or cyclic N) is 1. The van der Waals surface area contributed by atoms with Gasteiger partial charge in [-0.3, -0.25) is 4.90 Å². The Kier molecular flexibility index (Phi) is 4.52. The van der Waals surface area contributed by atoms with E-state index in [1.165, 1.54) is 5.56 Å². The van der Waals surface area contributed by atoms with E-state index in [1.807, 2.05) is 26.1 Å². The molecule has 6 nitrogen and oxygen atoms in total. The molecule has 1 saturated heterocycles. The van der Waals surface area contributed by atoms with Gasteiger partial charge >= 0.3 is 0 Å². The summed E-state index contributed by atoms with van der Waals surface area (Å²) in [6.45, 7) is 4.38. The van der Waals surface area contributed by atoms with Crippen molar-refractivity contribution in [1.29, 1.82) is 0 Å². The van der Waals surface area contributed by atoms with E-state index in [0.29, 0.717) is 11.7 Å². The largest absolute Gasteiger partial charge is 0.392 e. The minimum Gasteiger partial charge on any atom is -0.392 e. The summed E-state index contributed by atoms with van der Waals surface area (Å²) in [5.41, 5.74) is 2.11.